The van der Waals surface area contributed by atoms with Crippen LogP contribution in [0.15, 0.2) is 18.2 Å². The van der Waals surface area contributed by atoms with Crippen LogP contribution < -0.4 is 5.32 Å². The maximum absolute atomic E-state index is 12.6. The third-order valence-electron chi connectivity index (χ3n) is 3.62. The zero-order chi connectivity index (χ0) is 18.0. The van der Waals surface area contributed by atoms with Gasteiger partial charge in [0.15, 0.2) is 0 Å². The van der Waals surface area contributed by atoms with Crippen molar-refractivity contribution in [3.8, 4) is 0 Å². The van der Waals surface area contributed by atoms with Crippen LogP contribution >= 0.6 is 0 Å². The Hall–Kier alpha value is -2.16. The van der Waals surface area contributed by atoms with Gasteiger partial charge in [0.1, 0.15) is 5.56 Å². The van der Waals surface area contributed by atoms with Gasteiger partial charge in [-0.3, -0.25) is 14.9 Å². The van der Waals surface area contributed by atoms with Crippen LogP contribution in [0.5, 0.6) is 0 Å². The van der Waals surface area contributed by atoms with Gasteiger partial charge in [-0.05, 0) is 25.0 Å². The number of rotatable bonds is 5. The molecule has 23 heavy (non-hydrogen) atoms. The molecule has 0 bridgehead atoms. The van der Waals surface area contributed by atoms with Crippen LogP contribution in [0.25, 0.3) is 0 Å². The van der Waals surface area contributed by atoms with Crippen molar-refractivity contribution in [2.24, 2.45) is 5.92 Å². The van der Waals surface area contributed by atoms with Gasteiger partial charge in [0.05, 0.1) is 16.1 Å². The third kappa shape index (κ3) is 4.65. The fourth-order valence-corrected chi connectivity index (χ4v) is 1.61. The number of alkyl halides is 3. The molecule has 0 spiro atoms. The predicted octanol–water partition coefficient (Wildman–Crippen LogP) is 2.75. The summed E-state index contributed by atoms with van der Waals surface area (Å²) in [5.41, 5.74) is -3.91. The molecule has 1 atom stereocenters. The van der Waals surface area contributed by atoms with Gasteiger partial charge in [0, 0.05) is 12.6 Å². The molecule has 0 saturated heterocycles. The fraction of sp³-hybridized carbons (Fsp3) is 0.500. The van der Waals surface area contributed by atoms with Crippen LogP contribution in [0.1, 0.15) is 36.7 Å². The van der Waals surface area contributed by atoms with Gasteiger partial charge in [-0.15, -0.1) is 0 Å². The number of halogens is 3. The minimum Gasteiger partial charge on any atom is -0.388 e. The summed E-state index contributed by atoms with van der Waals surface area (Å²) in [6, 6.07) is 1.67. The van der Waals surface area contributed by atoms with Crippen LogP contribution in [0, 0.1) is 16.0 Å². The van der Waals surface area contributed by atoms with E-state index < -0.39 is 39.4 Å². The zero-order valence-electron chi connectivity index (χ0n) is 12.8. The highest BCUT2D eigenvalue weighted by Crippen LogP contribution is 2.33. The lowest BCUT2D eigenvalue weighted by atomic mass is 9.92. The van der Waals surface area contributed by atoms with E-state index in [0.29, 0.717) is 12.1 Å². The third-order valence-corrected chi connectivity index (χ3v) is 3.62. The van der Waals surface area contributed by atoms with Gasteiger partial charge in [-0.1, -0.05) is 13.8 Å². The number of hydrogen-bond donors (Lipinski definition) is 2. The van der Waals surface area contributed by atoms with E-state index in [-0.39, 0.29) is 12.5 Å². The highest BCUT2D eigenvalue weighted by molar-refractivity contribution is 5.98. The number of nitro benzene ring substituents is 1. The summed E-state index contributed by atoms with van der Waals surface area (Å²) >= 11 is 0. The van der Waals surface area contributed by atoms with Crippen LogP contribution in [0.3, 0.4) is 0 Å². The molecule has 1 amide bonds. The Balaban J connectivity index is 3.08. The van der Waals surface area contributed by atoms with E-state index in [1.807, 2.05) is 0 Å². The molecule has 0 aliphatic rings. The summed E-state index contributed by atoms with van der Waals surface area (Å²) < 4.78 is 37.8. The minimum absolute atomic E-state index is 0.193. The van der Waals surface area contributed by atoms with Gasteiger partial charge in [0.2, 0.25) is 0 Å². The van der Waals surface area contributed by atoms with Crippen molar-refractivity contribution in [3.05, 3.63) is 39.4 Å². The molecular formula is C14H17F3N2O4. The number of nitrogens with zero attached hydrogens (tertiary/aromatic N) is 1. The van der Waals surface area contributed by atoms with Crippen molar-refractivity contribution in [3.63, 3.8) is 0 Å². The highest BCUT2D eigenvalue weighted by Gasteiger charge is 2.34. The molecule has 128 valence electrons. The SMILES string of the molecule is CC(C)C(C)(O)CNC(=O)c1ccc(C(F)(F)F)cc1[N+](=O)[O-]. The maximum atomic E-state index is 12.6. The smallest absolute Gasteiger partial charge is 0.388 e. The Morgan fingerprint density at radius 2 is 1.96 bits per heavy atom. The number of amides is 1. The Morgan fingerprint density at radius 1 is 1.39 bits per heavy atom. The van der Waals surface area contributed by atoms with E-state index in [4.69, 9.17) is 0 Å². The molecule has 0 fully saturated rings. The Labute approximate surface area is 130 Å². The summed E-state index contributed by atoms with van der Waals surface area (Å²) in [4.78, 5) is 21.9. The van der Waals surface area contributed by atoms with Crippen LogP contribution in [0.2, 0.25) is 0 Å². The van der Waals surface area contributed by atoms with Crippen molar-refractivity contribution >= 4 is 11.6 Å². The van der Waals surface area contributed by atoms with Crippen molar-refractivity contribution in [2.45, 2.75) is 32.5 Å². The molecule has 1 aromatic carbocycles. The molecule has 0 aliphatic heterocycles. The minimum atomic E-state index is -4.75. The first-order chi connectivity index (χ1) is 10.4. The normalized spacial score (nSPS) is 14.4. The lowest BCUT2D eigenvalue weighted by Gasteiger charge is -2.27. The second kappa shape index (κ2) is 6.53. The molecule has 0 heterocycles. The number of carbonyl (C=O) groups is 1. The average molecular weight is 334 g/mol. The number of aliphatic hydroxyl groups is 1. The summed E-state index contributed by atoms with van der Waals surface area (Å²) in [5.74, 6) is -1.13. The lowest BCUT2D eigenvalue weighted by Crippen LogP contribution is -2.44. The Kier molecular flexibility index (Phi) is 5.36. The largest absolute Gasteiger partial charge is 0.416 e. The van der Waals surface area contributed by atoms with Crippen LogP contribution in [-0.4, -0.2) is 28.1 Å². The van der Waals surface area contributed by atoms with E-state index >= 15 is 0 Å². The summed E-state index contributed by atoms with van der Waals surface area (Å²) in [5, 5.41) is 23.2. The summed E-state index contributed by atoms with van der Waals surface area (Å²) in [6.45, 7) is 4.71. The van der Waals surface area contributed by atoms with Gasteiger partial charge in [-0.2, -0.15) is 13.2 Å². The number of benzene rings is 1. The molecule has 1 rings (SSSR count). The Morgan fingerprint density at radius 3 is 2.39 bits per heavy atom. The first-order valence-corrected chi connectivity index (χ1v) is 6.72. The van der Waals surface area contributed by atoms with Gasteiger partial charge < -0.3 is 10.4 Å². The van der Waals surface area contributed by atoms with Gasteiger partial charge in [-0.25, -0.2) is 0 Å². The van der Waals surface area contributed by atoms with Crippen LogP contribution in [-0.2, 0) is 6.18 Å². The highest BCUT2D eigenvalue weighted by atomic mass is 19.4. The van der Waals surface area contributed by atoms with E-state index in [9.17, 15) is 33.2 Å². The molecule has 0 aliphatic carbocycles. The predicted molar refractivity (Wildman–Crippen MR) is 75.9 cm³/mol. The molecule has 0 saturated carbocycles. The molecule has 0 aromatic heterocycles. The van der Waals surface area contributed by atoms with E-state index in [0.717, 1.165) is 6.07 Å². The van der Waals surface area contributed by atoms with Crippen molar-refractivity contribution in [1.82, 2.24) is 5.32 Å². The molecule has 6 nitrogen and oxygen atoms in total. The second-order valence-electron chi connectivity index (χ2n) is 5.68. The molecule has 1 aromatic rings. The van der Waals surface area contributed by atoms with E-state index in [2.05, 4.69) is 5.32 Å². The average Bonchev–Trinajstić information content (AvgIpc) is 2.42. The lowest BCUT2D eigenvalue weighted by molar-refractivity contribution is -0.385. The maximum Gasteiger partial charge on any atom is 0.416 e. The number of hydrogen-bond acceptors (Lipinski definition) is 4. The number of nitrogens with one attached hydrogen (secondary N) is 1. The van der Waals surface area contributed by atoms with Gasteiger partial charge in [0.25, 0.3) is 11.6 Å². The Bertz CT molecular complexity index is 613. The quantitative estimate of drug-likeness (QED) is 0.640. The van der Waals surface area contributed by atoms with Crippen molar-refractivity contribution in [1.29, 1.82) is 0 Å². The molecule has 9 heteroatoms. The topological polar surface area (TPSA) is 92.5 Å². The standard InChI is InChI=1S/C14H17F3N2O4/c1-8(2)13(3,21)7-18-12(20)10-5-4-9(14(15,16)17)6-11(10)19(22)23/h4-6,8,21H,7H2,1-3H3,(H,18,20). The molecular weight excluding hydrogens is 317 g/mol. The molecule has 0 radical (unpaired) electrons. The molecule has 1 unspecified atom stereocenters. The summed E-state index contributed by atoms with van der Waals surface area (Å²) in [7, 11) is 0. The van der Waals surface area contributed by atoms with Gasteiger partial charge >= 0.3 is 6.18 Å². The van der Waals surface area contributed by atoms with E-state index in [1.165, 1.54) is 6.92 Å². The first-order valence-electron chi connectivity index (χ1n) is 6.72. The fourth-order valence-electron chi connectivity index (χ4n) is 1.61. The molecule has 2 N–H and O–H groups in total. The monoisotopic (exact) mass is 334 g/mol. The summed E-state index contributed by atoms with van der Waals surface area (Å²) in [6.07, 6.45) is -4.75. The second-order valence-corrected chi connectivity index (χ2v) is 5.68. The van der Waals surface area contributed by atoms with E-state index in [1.54, 1.807) is 13.8 Å². The first kappa shape index (κ1) is 18.9. The van der Waals surface area contributed by atoms with Crippen molar-refractivity contribution in [2.75, 3.05) is 6.54 Å². The zero-order valence-corrected chi connectivity index (χ0v) is 12.8. The van der Waals surface area contributed by atoms with Crippen LogP contribution in [0.4, 0.5) is 18.9 Å². The van der Waals surface area contributed by atoms with Crippen molar-refractivity contribution < 1.29 is 28.0 Å². The number of nitro groups is 1. The number of carbonyl (C=O) groups excluding carboxylic acids is 1.